The fraction of sp³-hybridized carbons (Fsp3) is 0.647. The highest BCUT2D eigenvalue weighted by atomic mass is 19.1. The van der Waals surface area contributed by atoms with Gasteiger partial charge in [-0.1, -0.05) is 19.3 Å². The van der Waals surface area contributed by atoms with E-state index in [9.17, 15) is 4.39 Å². The van der Waals surface area contributed by atoms with E-state index in [1.54, 1.807) is 12.1 Å². The number of benzene rings is 1. The van der Waals surface area contributed by atoms with Crippen molar-refractivity contribution in [3.8, 4) is 5.75 Å². The SMILES string of the molecule is COc1cc(NC2CCOC3(CCCCC3)C2)ccc1F. The van der Waals surface area contributed by atoms with E-state index in [0.29, 0.717) is 11.8 Å². The van der Waals surface area contributed by atoms with Crippen LogP contribution in [0.4, 0.5) is 10.1 Å². The third-order valence-corrected chi connectivity index (χ3v) is 4.78. The van der Waals surface area contributed by atoms with Crippen LogP contribution in [-0.2, 0) is 4.74 Å². The van der Waals surface area contributed by atoms with Crippen LogP contribution in [0.2, 0.25) is 0 Å². The van der Waals surface area contributed by atoms with Crippen molar-refractivity contribution >= 4 is 5.69 Å². The second-order valence-electron chi connectivity index (χ2n) is 6.28. The number of rotatable bonds is 3. The van der Waals surface area contributed by atoms with E-state index < -0.39 is 0 Å². The van der Waals surface area contributed by atoms with E-state index in [-0.39, 0.29) is 11.4 Å². The van der Waals surface area contributed by atoms with Crippen LogP contribution in [0.15, 0.2) is 18.2 Å². The van der Waals surface area contributed by atoms with Gasteiger partial charge in [0.25, 0.3) is 0 Å². The van der Waals surface area contributed by atoms with Gasteiger partial charge in [-0.3, -0.25) is 0 Å². The van der Waals surface area contributed by atoms with Crippen molar-refractivity contribution in [1.29, 1.82) is 0 Å². The molecule has 4 heteroatoms. The predicted molar refractivity (Wildman–Crippen MR) is 81.4 cm³/mol. The highest BCUT2D eigenvalue weighted by molar-refractivity contribution is 5.49. The lowest BCUT2D eigenvalue weighted by molar-refractivity contribution is -0.103. The van der Waals surface area contributed by atoms with Gasteiger partial charge in [-0.15, -0.1) is 0 Å². The molecular weight excluding hydrogens is 269 g/mol. The van der Waals surface area contributed by atoms with E-state index in [1.807, 2.05) is 0 Å². The molecule has 2 aliphatic rings. The summed E-state index contributed by atoms with van der Waals surface area (Å²) in [7, 11) is 1.49. The minimum absolute atomic E-state index is 0.0816. The Hall–Kier alpha value is -1.29. The average Bonchev–Trinajstić information content (AvgIpc) is 2.50. The predicted octanol–water partition coefficient (Wildman–Crippen LogP) is 4.13. The topological polar surface area (TPSA) is 30.5 Å². The monoisotopic (exact) mass is 293 g/mol. The fourth-order valence-corrected chi connectivity index (χ4v) is 3.68. The summed E-state index contributed by atoms with van der Waals surface area (Å²) in [5.74, 6) is -0.0294. The lowest BCUT2D eigenvalue weighted by atomic mass is 9.78. The van der Waals surface area contributed by atoms with Crippen molar-refractivity contribution in [2.75, 3.05) is 19.0 Å². The molecule has 1 spiro atoms. The van der Waals surface area contributed by atoms with Gasteiger partial charge in [0.1, 0.15) is 0 Å². The molecule has 0 radical (unpaired) electrons. The summed E-state index contributed by atoms with van der Waals surface area (Å²) in [6.45, 7) is 0.815. The van der Waals surface area contributed by atoms with Gasteiger partial charge in [-0.2, -0.15) is 0 Å². The van der Waals surface area contributed by atoms with Gasteiger partial charge in [0.05, 0.1) is 12.7 Å². The Morgan fingerprint density at radius 3 is 2.86 bits per heavy atom. The van der Waals surface area contributed by atoms with E-state index in [4.69, 9.17) is 9.47 Å². The highest BCUT2D eigenvalue weighted by Gasteiger charge is 2.38. The maximum Gasteiger partial charge on any atom is 0.165 e. The minimum atomic E-state index is -0.321. The first-order chi connectivity index (χ1) is 10.2. The quantitative estimate of drug-likeness (QED) is 0.909. The van der Waals surface area contributed by atoms with Gasteiger partial charge in [-0.05, 0) is 37.8 Å². The van der Waals surface area contributed by atoms with Crippen LogP contribution in [0.1, 0.15) is 44.9 Å². The van der Waals surface area contributed by atoms with Crippen molar-refractivity contribution in [3.05, 3.63) is 24.0 Å². The molecule has 3 nitrogen and oxygen atoms in total. The largest absolute Gasteiger partial charge is 0.494 e. The minimum Gasteiger partial charge on any atom is -0.494 e. The van der Waals surface area contributed by atoms with E-state index >= 15 is 0 Å². The number of nitrogens with one attached hydrogen (secondary N) is 1. The third-order valence-electron chi connectivity index (χ3n) is 4.78. The Morgan fingerprint density at radius 2 is 2.10 bits per heavy atom. The molecule has 1 unspecified atom stereocenters. The molecule has 3 rings (SSSR count). The Balaban J connectivity index is 1.67. The third kappa shape index (κ3) is 3.31. The molecule has 0 bridgehead atoms. The first kappa shape index (κ1) is 14.6. The number of hydrogen-bond donors (Lipinski definition) is 1. The number of halogens is 1. The molecule has 0 amide bonds. The van der Waals surface area contributed by atoms with Crippen LogP contribution >= 0.6 is 0 Å². The molecule has 0 aromatic heterocycles. The Kier molecular flexibility index (Phi) is 4.34. The summed E-state index contributed by atoms with van der Waals surface area (Å²) in [6, 6.07) is 5.36. The molecule has 1 heterocycles. The molecule has 1 atom stereocenters. The maximum atomic E-state index is 13.5. The Bertz CT molecular complexity index is 480. The summed E-state index contributed by atoms with van der Waals surface area (Å²) in [5, 5.41) is 3.53. The summed E-state index contributed by atoms with van der Waals surface area (Å²) in [5.41, 5.74) is 1.00. The zero-order chi connectivity index (χ0) is 14.7. The number of hydrogen-bond acceptors (Lipinski definition) is 3. The van der Waals surface area contributed by atoms with Crippen LogP contribution in [-0.4, -0.2) is 25.4 Å². The van der Waals surface area contributed by atoms with Crippen molar-refractivity contribution in [3.63, 3.8) is 0 Å². The van der Waals surface area contributed by atoms with Gasteiger partial charge < -0.3 is 14.8 Å². The molecule has 1 N–H and O–H groups in total. The molecule has 1 aliphatic heterocycles. The summed E-state index contributed by atoms with van der Waals surface area (Å²) in [6.07, 6.45) is 8.29. The number of ether oxygens (including phenoxy) is 2. The summed E-state index contributed by atoms with van der Waals surface area (Å²) in [4.78, 5) is 0. The molecule has 1 aromatic carbocycles. The second-order valence-corrected chi connectivity index (χ2v) is 6.28. The van der Waals surface area contributed by atoms with Gasteiger partial charge in [0, 0.05) is 24.4 Å². The molecule has 1 aromatic rings. The molecule has 2 fully saturated rings. The first-order valence-electron chi connectivity index (χ1n) is 7.95. The Labute approximate surface area is 125 Å². The van der Waals surface area contributed by atoms with E-state index in [1.165, 1.54) is 45.3 Å². The smallest absolute Gasteiger partial charge is 0.165 e. The maximum absolute atomic E-state index is 13.5. The molecule has 1 aliphatic carbocycles. The van der Waals surface area contributed by atoms with Crippen molar-refractivity contribution in [1.82, 2.24) is 0 Å². The molecular formula is C17H24FNO2. The lowest BCUT2D eigenvalue weighted by Crippen LogP contribution is -2.45. The van der Waals surface area contributed by atoms with Crippen LogP contribution in [0, 0.1) is 5.82 Å². The zero-order valence-corrected chi connectivity index (χ0v) is 12.7. The van der Waals surface area contributed by atoms with Crippen LogP contribution in [0.3, 0.4) is 0 Å². The second kappa shape index (κ2) is 6.22. The van der Waals surface area contributed by atoms with E-state index in [0.717, 1.165) is 25.1 Å². The number of methoxy groups -OCH3 is 1. The van der Waals surface area contributed by atoms with Crippen LogP contribution < -0.4 is 10.1 Å². The first-order valence-corrected chi connectivity index (χ1v) is 7.95. The standard InChI is InChI=1S/C17H24FNO2/c1-20-16-11-13(5-6-15(16)18)19-14-7-10-21-17(12-14)8-3-2-4-9-17/h5-6,11,14,19H,2-4,7-10,12H2,1H3. The van der Waals surface area contributed by atoms with Crippen molar-refractivity contribution in [2.45, 2.75) is 56.6 Å². The molecule has 1 saturated carbocycles. The molecule has 1 saturated heterocycles. The van der Waals surface area contributed by atoms with Gasteiger partial charge >= 0.3 is 0 Å². The van der Waals surface area contributed by atoms with Gasteiger partial charge in [-0.25, -0.2) is 4.39 Å². The van der Waals surface area contributed by atoms with Gasteiger partial charge in [0.15, 0.2) is 11.6 Å². The van der Waals surface area contributed by atoms with Gasteiger partial charge in [0.2, 0.25) is 0 Å². The summed E-state index contributed by atoms with van der Waals surface area (Å²) >= 11 is 0. The fourth-order valence-electron chi connectivity index (χ4n) is 3.68. The van der Waals surface area contributed by atoms with Crippen LogP contribution in [0.5, 0.6) is 5.75 Å². The molecule has 116 valence electrons. The van der Waals surface area contributed by atoms with Crippen molar-refractivity contribution < 1.29 is 13.9 Å². The zero-order valence-electron chi connectivity index (χ0n) is 12.7. The Morgan fingerprint density at radius 1 is 1.29 bits per heavy atom. The van der Waals surface area contributed by atoms with E-state index in [2.05, 4.69) is 5.32 Å². The lowest BCUT2D eigenvalue weighted by Gasteiger charge is -2.44. The number of anilines is 1. The average molecular weight is 293 g/mol. The highest BCUT2D eigenvalue weighted by Crippen LogP contribution is 2.39. The normalized spacial score (nSPS) is 24.8. The molecule has 21 heavy (non-hydrogen) atoms. The summed E-state index contributed by atoms with van der Waals surface area (Å²) < 4.78 is 24.6. The van der Waals surface area contributed by atoms with Crippen LogP contribution in [0.25, 0.3) is 0 Å². The van der Waals surface area contributed by atoms with Crippen molar-refractivity contribution in [2.24, 2.45) is 0 Å².